The lowest BCUT2D eigenvalue weighted by molar-refractivity contribution is -0.175. The van der Waals surface area contributed by atoms with Gasteiger partial charge in [0.25, 0.3) is 0 Å². The van der Waals surface area contributed by atoms with Crippen molar-refractivity contribution in [2.75, 3.05) is 13.2 Å². The molecule has 1 rings (SSSR count). The van der Waals surface area contributed by atoms with Crippen molar-refractivity contribution < 1.29 is 17.9 Å². The lowest BCUT2D eigenvalue weighted by Crippen LogP contribution is -2.32. The average molecular weight is 262 g/mol. The zero-order chi connectivity index (χ0) is 13.6. The zero-order valence-corrected chi connectivity index (χ0v) is 10.1. The number of hydrazine groups is 1. The number of hydrogen-bond acceptors (Lipinski definition) is 3. The molecule has 102 valence electrons. The number of alkyl halides is 3. The molecule has 0 fully saturated rings. The minimum Gasteiger partial charge on any atom is -0.370 e. The van der Waals surface area contributed by atoms with Crippen molar-refractivity contribution in [1.82, 2.24) is 5.43 Å². The Morgan fingerprint density at radius 2 is 1.89 bits per heavy atom. The summed E-state index contributed by atoms with van der Waals surface area (Å²) in [5.74, 6) is 5.31. The fraction of sp³-hybridized carbons (Fsp3) is 0.500. The summed E-state index contributed by atoms with van der Waals surface area (Å²) < 4.78 is 40.4. The first-order valence-corrected chi connectivity index (χ1v) is 5.65. The molecule has 0 aliphatic heterocycles. The van der Waals surface area contributed by atoms with Gasteiger partial charge in [-0.1, -0.05) is 31.2 Å². The van der Waals surface area contributed by atoms with Crippen molar-refractivity contribution in [1.29, 1.82) is 0 Å². The van der Waals surface area contributed by atoms with Crippen molar-refractivity contribution in [2.24, 2.45) is 5.84 Å². The van der Waals surface area contributed by atoms with Crippen LogP contribution in [0.5, 0.6) is 0 Å². The lowest BCUT2D eigenvalue weighted by atomic mass is 10.0. The van der Waals surface area contributed by atoms with Crippen LogP contribution in [0.4, 0.5) is 13.2 Å². The van der Waals surface area contributed by atoms with Crippen molar-refractivity contribution in [3.63, 3.8) is 0 Å². The Morgan fingerprint density at radius 3 is 2.33 bits per heavy atom. The molecule has 6 heteroatoms. The Kier molecular flexibility index (Phi) is 5.58. The molecule has 1 atom stereocenters. The second-order valence-electron chi connectivity index (χ2n) is 3.94. The van der Waals surface area contributed by atoms with Crippen LogP contribution in [-0.2, 0) is 11.2 Å². The molecule has 3 nitrogen and oxygen atoms in total. The number of halogens is 3. The van der Waals surface area contributed by atoms with Gasteiger partial charge in [-0.05, 0) is 17.5 Å². The maximum absolute atomic E-state index is 11.9. The SMILES string of the molecule is CCc1ccc(C(COCC(F)(F)F)NN)cc1. The lowest BCUT2D eigenvalue weighted by Gasteiger charge is -2.17. The van der Waals surface area contributed by atoms with Crippen LogP contribution in [0.15, 0.2) is 24.3 Å². The highest BCUT2D eigenvalue weighted by atomic mass is 19.4. The molecule has 0 aromatic heterocycles. The Balaban J connectivity index is 2.54. The molecule has 18 heavy (non-hydrogen) atoms. The topological polar surface area (TPSA) is 47.3 Å². The number of benzene rings is 1. The maximum Gasteiger partial charge on any atom is 0.411 e. The second-order valence-corrected chi connectivity index (χ2v) is 3.94. The van der Waals surface area contributed by atoms with Crippen molar-refractivity contribution in [3.8, 4) is 0 Å². The maximum atomic E-state index is 11.9. The molecular weight excluding hydrogens is 245 g/mol. The average Bonchev–Trinajstić information content (AvgIpc) is 2.34. The van der Waals surface area contributed by atoms with Crippen LogP contribution >= 0.6 is 0 Å². The number of aryl methyl sites for hydroxylation is 1. The third-order valence-corrected chi connectivity index (χ3v) is 2.54. The van der Waals surface area contributed by atoms with E-state index in [-0.39, 0.29) is 6.61 Å². The fourth-order valence-corrected chi connectivity index (χ4v) is 1.52. The van der Waals surface area contributed by atoms with Gasteiger partial charge in [0.2, 0.25) is 0 Å². The third kappa shape index (κ3) is 5.03. The predicted octanol–water partition coefficient (Wildman–Crippen LogP) is 2.33. The first-order valence-electron chi connectivity index (χ1n) is 5.65. The van der Waals surface area contributed by atoms with Crippen LogP contribution in [0.25, 0.3) is 0 Å². The van der Waals surface area contributed by atoms with E-state index < -0.39 is 18.8 Å². The second kappa shape index (κ2) is 6.72. The van der Waals surface area contributed by atoms with Crippen LogP contribution in [0.3, 0.4) is 0 Å². The van der Waals surface area contributed by atoms with E-state index in [0.717, 1.165) is 17.5 Å². The van der Waals surface area contributed by atoms with Crippen molar-refractivity contribution in [2.45, 2.75) is 25.6 Å². The highest BCUT2D eigenvalue weighted by molar-refractivity contribution is 5.25. The number of rotatable bonds is 6. The monoisotopic (exact) mass is 262 g/mol. The smallest absolute Gasteiger partial charge is 0.370 e. The molecule has 0 spiro atoms. The number of nitrogens with two attached hydrogens (primary N) is 1. The summed E-state index contributed by atoms with van der Waals surface area (Å²) in [7, 11) is 0. The van der Waals surface area contributed by atoms with Gasteiger partial charge in [-0.3, -0.25) is 11.3 Å². The van der Waals surface area contributed by atoms with E-state index in [0.29, 0.717) is 0 Å². The molecule has 0 saturated carbocycles. The Bertz CT molecular complexity index is 351. The number of ether oxygens (including phenoxy) is 1. The number of nitrogens with one attached hydrogen (secondary N) is 1. The Labute approximate surface area is 104 Å². The van der Waals surface area contributed by atoms with E-state index in [1.54, 1.807) is 0 Å². The van der Waals surface area contributed by atoms with Gasteiger partial charge in [-0.15, -0.1) is 0 Å². The fourth-order valence-electron chi connectivity index (χ4n) is 1.52. The van der Waals surface area contributed by atoms with Gasteiger partial charge in [0.15, 0.2) is 0 Å². The standard InChI is InChI=1S/C12H17F3N2O/c1-2-9-3-5-10(6-4-9)11(17-16)7-18-8-12(13,14)15/h3-6,11,17H,2,7-8,16H2,1H3. The summed E-state index contributed by atoms with van der Waals surface area (Å²) in [5, 5.41) is 0. The molecule has 1 unspecified atom stereocenters. The van der Waals surface area contributed by atoms with E-state index in [1.165, 1.54) is 0 Å². The third-order valence-electron chi connectivity index (χ3n) is 2.54. The van der Waals surface area contributed by atoms with Crippen LogP contribution in [-0.4, -0.2) is 19.4 Å². The largest absolute Gasteiger partial charge is 0.411 e. The molecule has 0 heterocycles. The predicted molar refractivity (Wildman–Crippen MR) is 62.8 cm³/mol. The normalized spacial score (nSPS) is 13.6. The van der Waals surface area contributed by atoms with Gasteiger partial charge in [0.1, 0.15) is 6.61 Å². The molecular formula is C12H17F3N2O. The summed E-state index contributed by atoms with van der Waals surface area (Å²) in [6.45, 7) is 0.639. The van der Waals surface area contributed by atoms with Gasteiger partial charge in [0.05, 0.1) is 12.6 Å². The summed E-state index contributed by atoms with van der Waals surface area (Å²) in [6, 6.07) is 7.06. The quantitative estimate of drug-likeness (QED) is 0.611. The van der Waals surface area contributed by atoms with Gasteiger partial charge in [0, 0.05) is 0 Å². The van der Waals surface area contributed by atoms with Crippen LogP contribution < -0.4 is 11.3 Å². The molecule has 0 radical (unpaired) electrons. The summed E-state index contributed by atoms with van der Waals surface area (Å²) in [6.07, 6.45) is -3.41. The van der Waals surface area contributed by atoms with Crippen LogP contribution in [0.1, 0.15) is 24.1 Å². The van der Waals surface area contributed by atoms with Crippen molar-refractivity contribution in [3.05, 3.63) is 35.4 Å². The molecule has 0 amide bonds. The van der Waals surface area contributed by atoms with Gasteiger partial charge >= 0.3 is 6.18 Å². The molecule has 0 bridgehead atoms. The van der Waals surface area contributed by atoms with Gasteiger partial charge in [-0.25, -0.2) is 0 Å². The van der Waals surface area contributed by atoms with Gasteiger partial charge in [-0.2, -0.15) is 13.2 Å². The zero-order valence-electron chi connectivity index (χ0n) is 10.1. The van der Waals surface area contributed by atoms with Crippen molar-refractivity contribution >= 4 is 0 Å². The van der Waals surface area contributed by atoms with Crippen LogP contribution in [0.2, 0.25) is 0 Å². The molecule has 1 aromatic carbocycles. The first kappa shape index (κ1) is 14.9. The minimum atomic E-state index is -4.31. The Morgan fingerprint density at radius 1 is 1.28 bits per heavy atom. The van der Waals surface area contributed by atoms with E-state index in [9.17, 15) is 13.2 Å². The summed E-state index contributed by atoms with van der Waals surface area (Å²) >= 11 is 0. The Hall–Kier alpha value is -1.11. The molecule has 0 aliphatic carbocycles. The van der Waals surface area contributed by atoms with Gasteiger partial charge < -0.3 is 4.74 Å². The molecule has 0 aliphatic rings. The summed E-state index contributed by atoms with van der Waals surface area (Å²) in [4.78, 5) is 0. The number of hydrogen-bond donors (Lipinski definition) is 2. The highest BCUT2D eigenvalue weighted by Crippen LogP contribution is 2.18. The van der Waals surface area contributed by atoms with E-state index in [1.807, 2.05) is 31.2 Å². The molecule has 1 aromatic rings. The van der Waals surface area contributed by atoms with E-state index in [4.69, 9.17) is 5.84 Å². The van der Waals surface area contributed by atoms with E-state index in [2.05, 4.69) is 10.2 Å². The first-order chi connectivity index (χ1) is 8.46. The van der Waals surface area contributed by atoms with E-state index >= 15 is 0 Å². The summed E-state index contributed by atoms with van der Waals surface area (Å²) in [5.41, 5.74) is 4.41. The minimum absolute atomic E-state index is 0.124. The highest BCUT2D eigenvalue weighted by Gasteiger charge is 2.28. The molecule has 3 N–H and O–H groups in total. The van der Waals surface area contributed by atoms with Crippen LogP contribution in [0, 0.1) is 0 Å². The molecule has 0 saturated heterocycles.